The predicted molar refractivity (Wildman–Crippen MR) is 97.3 cm³/mol. The molecule has 6 heteroatoms. The quantitative estimate of drug-likeness (QED) is 0.899. The van der Waals surface area contributed by atoms with Crippen LogP contribution in [0.5, 0.6) is 0 Å². The highest BCUT2D eigenvalue weighted by Crippen LogP contribution is 2.36. The average molecular weight is 356 g/mol. The molecule has 2 aromatic carbocycles. The first kappa shape index (κ1) is 16.1. The first-order valence-electron chi connectivity index (χ1n) is 8.52. The summed E-state index contributed by atoms with van der Waals surface area (Å²) in [5.41, 5.74) is 3.40. The monoisotopic (exact) mass is 356 g/mol. The molecular formula is C19H20N2O3S. The number of amides is 1. The molecule has 1 heterocycles. The van der Waals surface area contributed by atoms with E-state index in [1.165, 1.54) is 9.87 Å². The minimum atomic E-state index is -3.75. The zero-order valence-electron chi connectivity index (χ0n) is 14.0. The smallest absolute Gasteiger partial charge is 0.264 e. The van der Waals surface area contributed by atoms with Crippen molar-refractivity contribution in [3.63, 3.8) is 0 Å². The second-order valence-corrected chi connectivity index (χ2v) is 8.52. The third-order valence-corrected chi connectivity index (χ3v) is 6.85. The van der Waals surface area contributed by atoms with Gasteiger partial charge < -0.3 is 5.32 Å². The van der Waals surface area contributed by atoms with Crippen LogP contribution in [0, 0.1) is 0 Å². The first-order chi connectivity index (χ1) is 12.0. The van der Waals surface area contributed by atoms with Crippen molar-refractivity contribution >= 4 is 27.3 Å². The Kier molecular flexibility index (Phi) is 3.80. The second-order valence-electron chi connectivity index (χ2n) is 6.70. The zero-order valence-corrected chi connectivity index (χ0v) is 14.8. The zero-order chi connectivity index (χ0) is 17.6. The summed E-state index contributed by atoms with van der Waals surface area (Å²) in [6.07, 6.45) is 3.13. The Labute approximate surface area is 147 Å². The lowest BCUT2D eigenvalue weighted by Gasteiger charge is -2.29. The lowest BCUT2D eigenvalue weighted by molar-refractivity contribution is -0.116. The molecule has 0 bridgehead atoms. The van der Waals surface area contributed by atoms with E-state index < -0.39 is 16.1 Å². The lowest BCUT2D eigenvalue weighted by Crippen LogP contribution is -2.39. The number of para-hydroxylation sites is 2. The fourth-order valence-electron chi connectivity index (χ4n) is 3.75. The molecule has 5 nitrogen and oxygen atoms in total. The predicted octanol–water partition coefficient (Wildman–Crippen LogP) is 3.10. The number of aryl methyl sites for hydroxylation is 2. The maximum absolute atomic E-state index is 13.4. The Bertz CT molecular complexity index is 953. The van der Waals surface area contributed by atoms with E-state index in [0.717, 1.165) is 24.8 Å². The molecule has 1 N–H and O–H groups in total. The Balaban J connectivity index is 1.85. The van der Waals surface area contributed by atoms with Crippen LogP contribution in [0.15, 0.2) is 47.4 Å². The van der Waals surface area contributed by atoms with Crippen molar-refractivity contribution in [2.24, 2.45) is 0 Å². The number of benzene rings is 2. The van der Waals surface area contributed by atoms with E-state index in [4.69, 9.17) is 0 Å². The Morgan fingerprint density at radius 2 is 1.84 bits per heavy atom. The Morgan fingerprint density at radius 3 is 2.68 bits per heavy atom. The topological polar surface area (TPSA) is 66.5 Å². The van der Waals surface area contributed by atoms with Crippen LogP contribution in [0.4, 0.5) is 11.4 Å². The van der Waals surface area contributed by atoms with Gasteiger partial charge in [0.1, 0.15) is 0 Å². The maximum Gasteiger partial charge on any atom is 0.264 e. The van der Waals surface area contributed by atoms with Crippen LogP contribution in [0.3, 0.4) is 0 Å². The van der Waals surface area contributed by atoms with Gasteiger partial charge >= 0.3 is 0 Å². The molecule has 4 rings (SSSR count). The molecule has 0 spiro atoms. The number of carbonyl (C=O) groups is 1. The Morgan fingerprint density at radius 1 is 1.08 bits per heavy atom. The molecule has 0 saturated heterocycles. The van der Waals surface area contributed by atoms with Gasteiger partial charge in [0.15, 0.2) is 0 Å². The van der Waals surface area contributed by atoms with Crippen molar-refractivity contribution in [1.29, 1.82) is 0 Å². The fourth-order valence-corrected chi connectivity index (χ4v) is 5.47. The van der Waals surface area contributed by atoms with Crippen LogP contribution in [0.2, 0.25) is 0 Å². The highest BCUT2D eigenvalue weighted by atomic mass is 32.2. The van der Waals surface area contributed by atoms with Gasteiger partial charge in [0.2, 0.25) is 5.91 Å². The van der Waals surface area contributed by atoms with E-state index in [1.54, 1.807) is 43.3 Å². The summed E-state index contributed by atoms with van der Waals surface area (Å²) < 4.78 is 28.2. The molecular weight excluding hydrogens is 336 g/mol. The van der Waals surface area contributed by atoms with E-state index in [2.05, 4.69) is 5.32 Å². The van der Waals surface area contributed by atoms with Crippen molar-refractivity contribution in [1.82, 2.24) is 0 Å². The molecule has 0 aromatic heterocycles. The standard InChI is InChI=1S/C19H20N2O3S/c1-13-11-19(22)20-17-7-2-3-8-18(17)21(13)25(23,24)16-10-9-14-5-4-6-15(14)12-16/h2-3,7-10,12-13H,4-6,11H2,1H3,(H,20,22)/t13-/m0/s1. The summed E-state index contributed by atoms with van der Waals surface area (Å²) >= 11 is 0. The molecule has 2 aromatic rings. The van der Waals surface area contributed by atoms with Crippen molar-refractivity contribution < 1.29 is 13.2 Å². The van der Waals surface area contributed by atoms with Gasteiger partial charge in [-0.05, 0) is 61.6 Å². The molecule has 0 saturated carbocycles. The molecule has 0 radical (unpaired) electrons. The van der Waals surface area contributed by atoms with Crippen LogP contribution >= 0.6 is 0 Å². The highest BCUT2D eigenvalue weighted by Gasteiger charge is 2.35. The van der Waals surface area contributed by atoms with Crippen LogP contribution in [-0.2, 0) is 27.7 Å². The van der Waals surface area contributed by atoms with Gasteiger partial charge in [0.25, 0.3) is 10.0 Å². The molecule has 1 atom stereocenters. The third-order valence-electron chi connectivity index (χ3n) is 4.92. The van der Waals surface area contributed by atoms with Crippen molar-refractivity contribution in [2.75, 3.05) is 9.62 Å². The summed E-state index contributed by atoms with van der Waals surface area (Å²) in [4.78, 5) is 12.4. The Hall–Kier alpha value is -2.34. The van der Waals surface area contributed by atoms with Gasteiger partial charge in [-0.3, -0.25) is 9.10 Å². The summed E-state index contributed by atoms with van der Waals surface area (Å²) in [6, 6.07) is 12.0. The minimum absolute atomic E-state index is 0.124. The van der Waals surface area contributed by atoms with Crippen LogP contribution < -0.4 is 9.62 Å². The largest absolute Gasteiger partial charge is 0.324 e. The van der Waals surface area contributed by atoms with Gasteiger partial charge in [0.05, 0.1) is 22.3 Å². The normalized spacial score (nSPS) is 19.8. The summed E-state index contributed by atoms with van der Waals surface area (Å²) in [5.74, 6) is -0.174. The summed E-state index contributed by atoms with van der Waals surface area (Å²) in [6.45, 7) is 1.77. The molecule has 130 valence electrons. The molecule has 1 amide bonds. The summed E-state index contributed by atoms with van der Waals surface area (Å²) in [7, 11) is -3.75. The number of rotatable bonds is 2. The summed E-state index contributed by atoms with van der Waals surface area (Å²) in [5, 5.41) is 2.80. The van der Waals surface area contributed by atoms with Gasteiger partial charge in [-0.1, -0.05) is 18.2 Å². The van der Waals surface area contributed by atoms with Crippen molar-refractivity contribution in [3.05, 3.63) is 53.6 Å². The average Bonchev–Trinajstić information content (AvgIpc) is 2.98. The number of nitrogens with zero attached hydrogens (tertiary/aromatic N) is 1. The number of sulfonamides is 1. The number of hydrogen-bond donors (Lipinski definition) is 1. The SMILES string of the molecule is C[C@H]1CC(=O)Nc2ccccc2N1S(=O)(=O)c1ccc2c(c1)CCC2. The maximum atomic E-state index is 13.4. The van der Waals surface area contributed by atoms with E-state index in [9.17, 15) is 13.2 Å². The number of anilines is 2. The van der Waals surface area contributed by atoms with Crippen molar-refractivity contribution in [2.45, 2.75) is 43.5 Å². The van der Waals surface area contributed by atoms with Gasteiger partial charge in [0, 0.05) is 6.42 Å². The number of carbonyl (C=O) groups excluding carboxylic acids is 1. The first-order valence-corrected chi connectivity index (χ1v) is 9.96. The van der Waals surface area contributed by atoms with Gasteiger partial charge in [-0.25, -0.2) is 8.42 Å². The third kappa shape index (κ3) is 2.70. The molecule has 25 heavy (non-hydrogen) atoms. The molecule has 1 aliphatic heterocycles. The van der Waals surface area contributed by atoms with E-state index in [0.29, 0.717) is 16.3 Å². The fraction of sp³-hybridized carbons (Fsp3) is 0.316. The van der Waals surface area contributed by atoms with Crippen molar-refractivity contribution in [3.8, 4) is 0 Å². The van der Waals surface area contributed by atoms with E-state index >= 15 is 0 Å². The van der Waals surface area contributed by atoms with Crippen LogP contribution in [-0.4, -0.2) is 20.4 Å². The van der Waals surface area contributed by atoms with Crippen LogP contribution in [0.1, 0.15) is 30.9 Å². The molecule has 2 aliphatic rings. The minimum Gasteiger partial charge on any atom is -0.324 e. The van der Waals surface area contributed by atoms with Crippen LogP contribution in [0.25, 0.3) is 0 Å². The second kappa shape index (κ2) is 5.88. The molecule has 1 aliphatic carbocycles. The highest BCUT2D eigenvalue weighted by molar-refractivity contribution is 7.92. The van der Waals surface area contributed by atoms with Gasteiger partial charge in [-0.2, -0.15) is 0 Å². The number of nitrogens with one attached hydrogen (secondary N) is 1. The van der Waals surface area contributed by atoms with E-state index in [1.807, 2.05) is 6.07 Å². The number of fused-ring (bicyclic) bond motifs is 2. The van der Waals surface area contributed by atoms with Gasteiger partial charge in [-0.15, -0.1) is 0 Å². The van der Waals surface area contributed by atoms with E-state index in [-0.39, 0.29) is 12.3 Å². The molecule has 0 unspecified atom stereocenters. The lowest BCUT2D eigenvalue weighted by atomic mass is 10.1. The molecule has 0 fully saturated rings. The number of hydrogen-bond acceptors (Lipinski definition) is 3.